The molecule has 0 radical (unpaired) electrons. The number of anilines is 2. The van der Waals surface area contributed by atoms with Gasteiger partial charge in [0.1, 0.15) is 5.00 Å². The van der Waals surface area contributed by atoms with E-state index in [1.54, 1.807) is 13.0 Å². The Balaban J connectivity index is 2.27. The highest BCUT2D eigenvalue weighted by Crippen LogP contribution is 2.29. The second kappa shape index (κ2) is 5.99. The highest BCUT2D eigenvalue weighted by Gasteiger charge is 2.17. The molecule has 4 nitrogen and oxygen atoms in total. The summed E-state index contributed by atoms with van der Waals surface area (Å²) in [6.07, 6.45) is 0. The maximum Gasteiger partial charge on any atom is 0.360 e. The minimum atomic E-state index is -0.577. The fourth-order valence-corrected chi connectivity index (χ4v) is 2.26. The fourth-order valence-electron chi connectivity index (χ4n) is 1.40. The largest absolute Gasteiger partial charge is 0.461 e. The number of carbonyl (C=O) groups is 1. The molecule has 0 bridgehead atoms. The Morgan fingerprint density at radius 3 is 3.11 bits per heavy atom. The summed E-state index contributed by atoms with van der Waals surface area (Å²) in [6, 6.07) is 4.58. The second-order valence-electron chi connectivity index (χ2n) is 3.48. The number of hydrogen-bond donors (Lipinski definition) is 1. The first-order valence-electron chi connectivity index (χ1n) is 5.45. The lowest BCUT2D eigenvalue weighted by Gasteiger charge is -2.07. The van der Waals surface area contributed by atoms with E-state index in [2.05, 4.69) is 10.3 Å². The summed E-state index contributed by atoms with van der Waals surface area (Å²) in [7, 11) is 0. The number of nitrogens with zero attached hydrogens (tertiary/aromatic N) is 1. The van der Waals surface area contributed by atoms with Crippen molar-refractivity contribution >= 4 is 39.6 Å². The predicted molar refractivity (Wildman–Crippen MR) is 72.8 cm³/mol. The van der Waals surface area contributed by atoms with Crippen LogP contribution in [0.2, 0.25) is 5.02 Å². The molecule has 0 saturated carbocycles. The van der Waals surface area contributed by atoms with E-state index >= 15 is 0 Å². The van der Waals surface area contributed by atoms with Crippen molar-refractivity contribution in [1.29, 1.82) is 0 Å². The number of halogens is 2. The molecule has 0 unspecified atom stereocenters. The maximum absolute atomic E-state index is 13.7. The number of thiazole rings is 1. The zero-order valence-corrected chi connectivity index (χ0v) is 11.5. The van der Waals surface area contributed by atoms with Crippen LogP contribution in [-0.2, 0) is 4.74 Å². The second-order valence-corrected chi connectivity index (χ2v) is 4.74. The van der Waals surface area contributed by atoms with Gasteiger partial charge in [-0.2, -0.15) is 0 Å². The molecule has 0 aliphatic heterocycles. The van der Waals surface area contributed by atoms with E-state index in [0.717, 1.165) is 0 Å². The van der Waals surface area contributed by atoms with Crippen molar-refractivity contribution in [2.24, 2.45) is 0 Å². The average molecular weight is 301 g/mol. The van der Waals surface area contributed by atoms with E-state index in [0.29, 0.717) is 5.00 Å². The van der Waals surface area contributed by atoms with Crippen LogP contribution in [0.15, 0.2) is 23.7 Å². The summed E-state index contributed by atoms with van der Waals surface area (Å²) in [6.45, 7) is 1.95. The van der Waals surface area contributed by atoms with Gasteiger partial charge in [0.2, 0.25) is 0 Å². The first-order valence-corrected chi connectivity index (χ1v) is 6.71. The maximum atomic E-state index is 13.7. The third-order valence-corrected chi connectivity index (χ3v) is 3.27. The van der Waals surface area contributed by atoms with E-state index in [9.17, 15) is 9.18 Å². The lowest BCUT2D eigenvalue weighted by atomic mass is 10.3. The number of carbonyl (C=O) groups excluding carboxylic acids is 1. The zero-order chi connectivity index (χ0) is 13.8. The number of aromatic nitrogens is 1. The van der Waals surface area contributed by atoms with E-state index in [1.165, 1.54) is 29.0 Å². The molecular weight excluding hydrogens is 291 g/mol. The summed E-state index contributed by atoms with van der Waals surface area (Å²) >= 11 is 6.87. The molecular formula is C12H10ClFN2O2S. The minimum absolute atomic E-state index is 0.00667. The molecule has 0 aliphatic rings. The van der Waals surface area contributed by atoms with Crippen LogP contribution in [-0.4, -0.2) is 17.6 Å². The van der Waals surface area contributed by atoms with Crippen LogP contribution in [0.1, 0.15) is 17.4 Å². The van der Waals surface area contributed by atoms with Crippen molar-refractivity contribution in [2.75, 3.05) is 11.9 Å². The zero-order valence-electron chi connectivity index (χ0n) is 9.94. The van der Waals surface area contributed by atoms with Crippen molar-refractivity contribution in [3.63, 3.8) is 0 Å². The molecule has 100 valence electrons. The molecule has 1 aromatic carbocycles. The lowest BCUT2D eigenvalue weighted by Crippen LogP contribution is -2.07. The molecule has 1 N–H and O–H groups in total. The molecule has 7 heteroatoms. The van der Waals surface area contributed by atoms with Crippen molar-refractivity contribution in [2.45, 2.75) is 6.92 Å². The fraction of sp³-hybridized carbons (Fsp3) is 0.167. The third-order valence-electron chi connectivity index (χ3n) is 2.24. The molecule has 2 aromatic rings. The molecule has 19 heavy (non-hydrogen) atoms. The monoisotopic (exact) mass is 300 g/mol. The quantitative estimate of drug-likeness (QED) is 0.871. The lowest BCUT2D eigenvalue weighted by molar-refractivity contribution is 0.0521. The Labute approximate surface area is 118 Å². The van der Waals surface area contributed by atoms with E-state index in [1.807, 2.05) is 0 Å². The Morgan fingerprint density at radius 2 is 2.37 bits per heavy atom. The Kier molecular flexibility index (Phi) is 4.34. The van der Waals surface area contributed by atoms with Gasteiger partial charge in [-0.25, -0.2) is 14.2 Å². The van der Waals surface area contributed by atoms with Crippen molar-refractivity contribution in [3.05, 3.63) is 40.2 Å². The Morgan fingerprint density at radius 1 is 1.58 bits per heavy atom. The average Bonchev–Trinajstić information content (AvgIpc) is 2.83. The van der Waals surface area contributed by atoms with Crippen molar-refractivity contribution in [1.82, 2.24) is 4.98 Å². The molecule has 0 atom stereocenters. The molecule has 0 fully saturated rings. The van der Waals surface area contributed by atoms with Gasteiger partial charge in [0, 0.05) is 0 Å². The smallest absolute Gasteiger partial charge is 0.360 e. The summed E-state index contributed by atoms with van der Waals surface area (Å²) in [5.41, 5.74) is 1.80. The highest BCUT2D eigenvalue weighted by molar-refractivity contribution is 7.14. The molecule has 1 aromatic heterocycles. The first-order chi connectivity index (χ1) is 9.13. The van der Waals surface area contributed by atoms with E-state index in [-0.39, 0.29) is 23.0 Å². The van der Waals surface area contributed by atoms with Gasteiger partial charge in [-0.15, -0.1) is 11.3 Å². The number of nitrogens with one attached hydrogen (secondary N) is 1. The van der Waals surface area contributed by atoms with Gasteiger partial charge >= 0.3 is 5.97 Å². The highest BCUT2D eigenvalue weighted by atomic mass is 35.5. The third kappa shape index (κ3) is 3.02. The SMILES string of the molecule is CCOC(=O)c1ncsc1Nc1cccc(Cl)c1F. The van der Waals surface area contributed by atoms with Crippen LogP contribution in [0.25, 0.3) is 0 Å². The summed E-state index contributed by atoms with van der Waals surface area (Å²) in [5, 5.41) is 3.22. The standard InChI is InChI=1S/C12H10ClFN2O2S/c1-2-18-12(17)10-11(19-6-15-10)16-8-5-3-4-7(13)9(8)14/h3-6,16H,2H2,1H3. The molecule has 0 saturated heterocycles. The van der Waals surface area contributed by atoms with E-state index < -0.39 is 11.8 Å². The first kappa shape index (κ1) is 13.8. The van der Waals surface area contributed by atoms with Gasteiger partial charge < -0.3 is 10.1 Å². The van der Waals surface area contributed by atoms with Crippen LogP contribution in [0, 0.1) is 5.82 Å². The van der Waals surface area contributed by atoms with Crippen LogP contribution >= 0.6 is 22.9 Å². The molecule has 0 aliphatic carbocycles. The molecule has 0 spiro atoms. The number of ether oxygens (including phenoxy) is 1. The van der Waals surface area contributed by atoms with Gasteiger partial charge in [-0.1, -0.05) is 17.7 Å². The van der Waals surface area contributed by atoms with Gasteiger partial charge in [-0.3, -0.25) is 0 Å². The van der Waals surface area contributed by atoms with Gasteiger partial charge in [0.05, 0.1) is 22.8 Å². The molecule has 0 amide bonds. The topological polar surface area (TPSA) is 51.2 Å². The normalized spacial score (nSPS) is 10.3. The summed E-state index contributed by atoms with van der Waals surface area (Å²) in [5.74, 6) is -1.12. The molecule has 2 rings (SSSR count). The van der Waals surface area contributed by atoms with Crippen LogP contribution in [0.4, 0.5) is 15.1 Å². The summed E-state index contributed by atoms with van der Waals surface area (Å²) in [4.78, 5) is 15.5. The van der Waals surface area contributed by atoms with Crippen LogP contribution in [0.5, 0.6) is 0 Å². The van der Waals surface area contributed by atoms with Crippen molar-refractivity contribution in [3.8, 4) is 0 Å². The number of rotatable bonds is 4. The van der Waals surface area contributed by atoms with Crippen molar-refractivity contribution < 1.29 is 13.9 Å². The minimum Gasteiger partial charge on any atom is -0.461 e. The van der Waals surface area contributed by atoms with E-state index in [4.69, 9.17) is 16.3 Å². The molecule has 1 heterocycles. The van der Waals surface area contributed by atoms with Crippen LogP contribution in [0.3, 0.4) is 0 Å². The van der Waals surface area contributed by atoms with Crippen LogP contribution < -0.4 is 5.32 Å². The number of esters is 1. The Bertz CT molecular complexity index is 603. The summed E-state index contributed by atoms with van der Waals surface area (Å²) < 4.78 is 18.6. The Hall–Kier alpha value is -1.66. The van der Waals surface area contributed by atoms with Gasteiger partial charge in [-0.05, 0) is 19.1 Å². The predicted octanol–water partition coefficient (Wildman–Crippen LogP) is 3.86. The number of benzene rings is 1. The van der Waals surface area contributed by atoms with Gasteiger partial charge in [0.15, 0.2) is 11.5 Å². The number of hydrogen-bond acceptors (Lipinski definition) is 5. The van der Waals surface area contributed by atoms with Gasteiger partial charge in [0.25, 0.3) is 0 Å².